The van der Waals surface area contributed by atoms with Gasteiger partial charge < -0.3 is 19.4 Å². The molecule has 9 nitrogen and oxygen atoms in total. The van der Waals surface area contributed by atoms with E-state index in [4.69, 9.17) is 14.1 Å². The van der Waals surface area contributed by atoms with E-state index in [0.29, 0.717) is 50.1 Å². The molecule has 44 heavy (non-hydrogen) atoms. The zero-order chi connectivity index (χ0) is 30.4. The van der Waals surface area contributed by atoms with Crippen LogP contribution in [0.3, 0.4) is 0 Å². The SMILES string of the molecule is Cc1nnc(-c2c(COC3CCCCC3)nc3c(c2-c2ccc(C(=O)NCc4ccc(F)c(F)c4)s2)C(=O)N2CCC[C@@H]32)o1. The second kappa shape index (κ2) is 11.8. The number of aryl methyl sites for hydroxylation is 1. The molecule has 1 N–H and O–H groups in total. The Bertz CT molecular complexity index is 1750. The summed E-state index contributed by atoms with van der Waals surface area (Å²) in [7, 11) is 0. The topological polar surface area (TPSA) is 110 Å². The number of carbonyl (C=O) groups is 2. The van der Waals surface area contributed by atoms with Crippen LogP contribution in [0, 0.1) is 18.6 Å². The number of halogens is 2. The van der Waals surface area contributed by atoms with Crippen molar-refractivity contribution in [3.8, 4) is 21.9 Å². The summed E-state index contributed by atoms with van der Waals surface area (Å²) in [5.41, 5.74) is 3.45. The molecule has 5 heterocycles. The molecule has 3 aliphatic rings. The van der Waals surface area contributed by atoms with E-state index in [0.717, 1.165) is 56.4 Å². The monoisotopic (exact) mass is 619 g/mol. The lowest BCUT2D eigenvalue weighted by atomic mass is 9.95. The second-order valence-corrected chi connectivity index (χ2v) is 12.6. The Morgan fingerprint density at radius 2 is 1.89 bits per heavy atom. The molecule has 228 valence electrons. The number of pyridine rings is 1. The van der Waals surface area contributed by atoms with Crippen LogP contribution in [0.2, 0.25) is 0 Å². The van der Waals surface area contributed by atoms with E-state index in [2.05, 4.69) is 15.5 Å². The molecule has 0 radical (unpaired) electrons. The first kappa shape index (κ1) is 28.7. The Kier molecular flexibility index (Phi) is 7.71. The van der Waals surface area contributed by atoms with Gasteiger partial charge in [-0.1, -0.05) is 25.3 Å². The molecule has 1 saturated heterocycles. The standard InChI is InChI=1S/C32H31F2N5O4S/c1-17-37-38-31(43-17)26-22(16-42-19-6-3-2-4-7-19)36-29-23-8-5-13-39(23)32(41)28(29)27(26)24-11-12-25(44-24)30(40)35-15-18-9-10-20(33)21(34)14-18/h9-12,14,19,23H,2-8,13,15-16H2,1H3,(H,35,40)/t23-/m0/s1. The predicted molar refractivity (Wildman–Crippen MR) is 158 cm³/mol. The highest BCUT2D eigenvalue weighted by atomic mass is 32.1. The van der Waals surface area contributed by atoms with Crippen LogP contribution in [0.1, 0.15) is 93.9 Å². The van der Waals surface area contributed by atoms with Crippen molar-refractivity contribution in [3.05, 3.63) is 75.2 Å². The molecule has 2 aliphatic heterocycles. The highest BCUT2D eigenvalue weighted by molar-refractivity contribution is 7.17. The molecule has 1 aliphatic carbocycles. The van der Waals surface area contributed by atoms with E-state index >= 15 is 0 Å². The summed E-state index contributed by atoms with van der Waals surface area (Å²) >= 11 is 1.23. The van der Waals surface area contributed by atoms with E-state index in [1.165, 1.54) is 23.8 Å². The number of aromatic nitrogens is 3. The molecule has 12 heteroatoms. The van der Waals surface area contributed by atoms with Crippen molar-refractivity contribution < 1.29 is 27.5 Å². The maximum atomic E-state index is 13.9. The average Bonchev–Trinajstić information content (AvgIpc) is 3.84. The summed E-state index contributed by atoms with van der Waals surface area (Å²) in [5.74, 6) is -1.77. The molecule has 0 unspecified atom stereocenters. The van der Waals surface area contributed by atoms with Gasteiger partial charge in [-0.3, -0.25) is 14.6 Å². The fourth-order valence-corrected chi connectivity index (χ4v) is 7.45. The van der Waals surface area contributed by atoms with Gasteiger partial charge in [0.25, 0.3) is 11.8 Å². The van der Waals surface area contributed by atoms with Gasteiger partial charge in [-0.25, -0.2) is 8.78 Å². The Morgan fingerprint density at radius 3 is 2.66 bits per heavy atom. The number of thiophene rings is 1. The molecule has 0 bridgehead atoms. The number of nitrogens with one attached hydrogen (secondary N) is 1. The highest BCUT2D eigenvalue weighted by Crippen LogP contribution is 2.49. The molecule has 7 rings (SSSR count). The lowest BCUT2D eigenvalue weighted by molar-refractivity contribution is 0.0153. The number of ether oxygens (including phenoxy) is 1. The van der Waals surface area contributed by atoms with Crippen molar-refractivity contribution in [2.24, 2.45) is 0 Å². The van der Waals surface area contributed by atoms with Crippen LogP contribution < -0.4 is 5.32 Å². The lowest BCUT2D eigenvalue weighted by Crippen LogP contribution is -2.23. The Balaban J connectivity index is 1.29. The number of amides is 2. The third kappa shape index (κ3) is 5.30. The molecule has 3 aromatic heterocycles. The number of benzene rings is 1. The summed E-state index contributed by atoms with van der Waals surface area (Å²) < 4.78 is 39.3. The number of hydrogen-bond donors (Lipinski definition) is 1. The fourth-order valence-electron chi connectivity index (χ4n) is 6.47. The third-order valence-electron chi connectivity index (χ3n) is 8.60. The van der Waals surface area contributed by atoms with Crippen molar-refractivity contribution in [1.82, 2.24) is 25.4 Å². The summed E-state index contributed by atoms with van der Waals surface area (Å²) in [4.78, 5) is 35.1. The van der Waals surface area contributed by atoms with Gasteiger partial charge in [0.05, 0.1) is 46.1 Å². The number of nitrogens with zero attached hydrogens (tertiary/aromatic N) is 4. The summed E-state index contributed by atoms with van der Waals surface area (Å²) in [6.07, 6.45) is 7.33. The largest absolute Gasteiger partial charge is 0.421 e. The molecule has 1 atom stereocenters. The first-order valence-corrected chi connectivity index (χ1v) is 15.8. The van der Waals surface area contributed by atoms with Crippen LogP contribution in [-0.4, -0.2) is 44.5 Å². The van der Waals surface area contributed by atoms with Gasteiger partial charge in [0.2, 0.25) is 11.8 Å². The Morgan fingerprint density at radius 1 is 1.05 bits per heavy atom. The van der Waals surface area contributed by atoms with Gasteiger partial charge in [0, 0.05) is 30.5 Å². The van der Waals surface area contributed by atoms with Crippen LogP contribution in [0.15, 0.2) is 34.7 Å². The molecule has 2 fully saturated rings. The third-order valence-corrected chi connectivity index (χ3v) is 9.71. The minimum atomic E-state index is -0.973. The zero-order valence-electron chi connectivity index (χ0n) is 24.2. The fraction of sp³-hybridized carbons (Fsp3) is 0.406. The smallest absolute Gasteiger partial charge is 0.261 e. The van der Waals surface area contributed by atoms with Crippen LogP contribution in [0.5, 0.6) is 0 Å². The van der Waals surface area contributed by atoms with Crippen LogP contribution in [-0.2, 0) is 17.9 Å². The van der Waals surface area contributed by atoms with Crippen LogP contribution in [0.25, 0.3) is 21.9 Å². The van der Waals surface area contributed by atoms with Crippen LogP contribution >= 0.6 is 11.3 Å². The van der Waals surface area contributed by atoms with Crippen molar-refractivity contribution in [1.29, 1.82) is 0 Å². The first-order chi connectivity index (χ1) is 21.4. The lowest BCUT2D eigenvalue weighted by Gasteiger charge is -2.23. The molecule has 1 aromatic carbocycles. The molecule has 4 aromatic rings. The molecule has 2 amide bonds. The minimum absolute atomic E-state index is 0.0260. The van der Waals surface area contributed by atoms with Gasteiger partial charge in [-0.05, 0) is 55.5 Å². The van der Waals surface area contributed by atoms with E-state index in [9.17, 15) is 18.4 Å². The zero-order valence-corrected chi connectivity index (χ0v) is 25.0. The van der Waals surface area contributed by atoms with E-state index < -0.39 is 11.6 Å². The van der Waals surface area contributed by atoms with Gasteiger partial charge in [-0.15, -0.1) is 21.5 Å². The Labute approximate surface area is 256 Å². The number of carbonyl (C=O) groups excluding carboxylic acids is 2. The van der Waals surface area contributed by atoms with E-state index in [1.807, 2.05) is 11.0 Å². The van der Waals surface area contributed by atoms with Crippen molar-refractivity contribution in [3.63, 3.8) is 0 Å². The van der Waals surface area contributed by atoms with E-state index in [1.54, 1.807) is 13.0 Å². The van der Waals surface area contributed by atoms with Crippen molar-refractivity contribution in [2.75, 3.05) is 6.54 Å². The normalized spacial score (nSPS) is 18.1. The average molecular weight is 620 g/mol. The number of fused-ring (bicyclic) bond motifs is 3. The van der Waals surface area contributed by atoms with E-state index in [-0.39, 0.29) is 43.0 Å². The molecule has 1 saturated carbocycles. The first-order valence-electron chi connectivity index (χ1n) is 15.0. The second-order valence-electron chi connectivity index (χ2n) is 11.5. The summed E-state index contributed by atoms with van der Waals surface area (Å²) in [5, 5.41) is 11.2. The maximum Gasteiger partial charge on any atom is 0.261 e. The minimum Gasteiger partial charge on any atom is -0.421 e. The van der Waals surface area contributed by atoms with Crippen molar-refractivity contribution in [2.45, 2.75) is 77.2 Å². The highest BCUT2D eigenvalue weighted by Gasteiger charge is 2.45. The van der Waals surface area contributed by atoms with Gasteiger partial charge in [0.1, 0.15) is 0 Å². The Hall–Kier alpha value is -4.03. The summed E-state index contributed by atoms with van der Waals surface area (Å²) in [6, 6.07) is 6.90. The van der Waals surface area contributed by atoms with Gasteiger partial charge >= 0.3 is 0 Å². The number of hydrogen-bond acceptors (Lipinski definition) is 8. The quantitative estimate of drug-likeness (QED) is 0.239. The van der Waals surface area contributed by atoms with Crippen molar-refractivity contribution >= 4 is 23.2 Å². The predicted octanol–water partition coefficient (Wildman–Crippen LogP) is 6.52. The molecular weight excluding hydrogens is 588 g/mol. The van der Waals surface area contributed by atoms with Crippen LogP contribution in [0.4, 0.5) is 8.78 Å². The maximum absolute atomic E-state index is 13.9. The molecule has 0 spiro atoms. The summed E-state index contributed by atoms with van der Waals surface area (Å²) in [6.45, 7) is 2.62. The van der Waals surface area contributed by atoms with Gasteiger partial charge in [0.15, 0.2) is 11.6 Å². The van der Waals surface area contributed by atoms with Gasteiger partial charge in [-0.2, -0.15) is 0 Å². The molecular formula is C32H31F2N5O4S. The number of rotatable bonds is 8.